The van der Waals surface area contributed by atoms with Gasteiger partial charge >= 0.3 is 6.09 Å². The average molecular weight is 319 g/mol. The van der Waals surface area contributed by atoms with Crippen molar-refractivity contribution in [1.29, 1.82) is 0 Å². The molecular formula is C16H18FN3O3. The molecule has 1 aromatic carbocycles. The molecule has 2 rings (SSSR count). The molecule has 0 bridgehead atoms. The summed E-state index contributed by atoms with van der Waals surface area (Å²) < 4.78 is 24.6. The molecule has 1 amide bonds. The highest BCUT2D eigenvalue weighted by molar-refractivity contribution is 5.85. The van der Waals surface area contributed by atoms with Crippen LogP contribution in [0.4, 0.5) is 20.7 Å². The maximum Gasteiger partial charge on any atom is 0.412 e. The molecule has 7 heteroatoms. The molecule has 0 aliphatic rings. The van der Waals surface area contributed by atoms with E-state index in [9.17, 15) is 9.18 Å². The Morgan fingerprint density at radius 3 is 2.52 bits per heavy atom. The smallest absolute Gasteiger partial charge is 0.412 e. The minimum Gasteiger partial charge on any atom is -0.457 e. The molecule has 1 aromatic heterocycles. The van der Waals surface area contributed by atoms with E-state index in [0.29, 0.717) is 11.6 Å². The van der Waals surface area contributed by atoms with Crippen molar-refractivity contribution in [3.05, 3.63) is 42.3 Å². The molecule has 0 spiro atoms. The maximum atomic E-state index is 14.0. The monoisotopic (exact) mass is 319 g/mol. The van der Waals surface area contributed by atoms with Crippen molar-refractivity contribution in [2.45, 2.75) is 26.4 Å². The van der Waals surface area contributed by atoms with Gasteiger partial charge in [-0.3, -0.25) is 5.32 Å². The Balaban J connectivity index is 2.07. The number of amides is 1. The lowest BCUT2D eigenvalue weighted by Gasteiger charge is -2.19. The highest BCUT2D eigenvalue weighted by Gasteiger charge is 2.17. The molecule has 1 heterocycles. The number of ether oxygens (including phenoxy) is 2. The van der Waals surface area contributed by atoms with Crippen LogP contribution < -0.4 is 15.8 Å². The number of hydrogen-bond acceptors (Lipinski definition) is 5. The summed E-state index contributed by atoms with van der Waals surface area (Å²) >= 11 is 0. The molecule has 23 heavy (non-hydrogen) atoms. The third-order valence-corrected chi connectivity index (χ3v) is 2.56. The van der Waals surface area contributed by atoms with Gasteiger partial charge in [0.25, 0.3) is 0 Å². The summed E-state index contributed by atoms with van der Waals surface area (Å²) in [4.78, 5) is 15.5. The van der Waals surface area contributed by atoms with Gasteiger partial charge in [0.15, 0.2) is 5.82 Å². The first-order valence-electron chi connectivity index (χ1n) is 6.92. The fraction of sp³-hybridized carbons (Fsp3) is 0.250. The topological polar surface area (TPSA) is 86.5 Å². The van der Waals surface area contributed by atoms with Gasteiger partial charge in [0.05, 0.1) is 5.69 Å². The standard InChI is InChI=1S/C16H18FN3O3/c1-16(2,3)23-15(21)20-13-5-4-10(8-12(13)17)22-11-6-7-19-14(18)9-11/h4-9H,1-3H3,(H2,18,19)(H,20,21). The SMILES string of the molecule is CC(C)(C)OC(=O)Nc1ccc(Oc2ccnc(N)c2)cc1F. The van der Waals surface area contributed by atoms with Crippen LogP contribution in [0.5, 0.6) is 11.5 Å². The zero-order valence-corrected chi connectivity index (χ0v) is 13.1. The molecule has 0 atom stereocenters. The Morgan fingerprint density at radius 1 is 1.22 bits per heavy atom. The van der Waals surface area contributed by atoms with Crippen LogP contribution >= 0.6 is 0 Å². The Kier molecular flexibility index (Phi) is 4.68. The van der Waals surface area contributed by atoms with Crippen molar-refractivity contribution in [1.82, 2.24) is 4.98 Å². The summed E-state index contributed by atoms with van der Waals surface area (Å²) in [6, 6.07) is 7.18. The first kappa shape index (κ1) is 16.5. The van der Waals surface area contributed by atoms with Gasteiger partial charge in [0, 0.05) is 18.3 Å². The number of pyridine rings is 1. The highest BCUT2D eigenvalue weighted by Crippen LogP contribution is 2.26. The van der Waals surface area contributed by atoms with E-state index in [0.717, 1.165) is 6.07 Å². The van der Waals surface area contributed by atoms with Crippen molar-refractivity contribution in [2.24, 2.45) is 0 Å². The van der Waals surface area contributed by atoms with Crippen molar-refractivity contribution >= 4 is 17.6 Å². The number of benzene rings is 1. The van der Waals surface area contributed by atoms with E-state index in [4.69, 9.17) is 15.2 Å². The largest absolute Gasteiger partial charge is 0.457 e. The van der Waals surface area contributed by atoms with Gasteiger partial charge in [-0.2, -0.15) is 0 Å². The summed E-state index contributed by atoms with van der Waals surface area (Å²) in [7, 11) is 0. The van der Waals surface area contributed by atoms with Gasteiger partial charge in [-0.05, 0) is 39.0 Å². The second-order valence-electron chi connectivity index (χ2n) is 5.79. The lowest BCUT2D eigenvalue weighted by Crippen LogP contribution is -2.27. The lowest BCUT2D eigenvalue weighted by molar-refractivity contribution is 0.0635. The molecule has 0 unspecified atom stereocenters. The number of rotatable bonds is 3. The van der Waals surface area contributed by atoms with Crippen LogP contribution in [-0.4, -0.2) is 16.7 Å². The Morgan fingerprint density at radius 2 is 1.91 bits per heavy atom. The third kappa shape index (κ3) is 5.14. The maximum absolute atomic E-state index is 14.0. The van der Waals surface area contributed by atoms with Crippen LogP contribution in [0, 0.1) is 5.82 Å². The van der Waals surface area contributed by atoms with Crippen molar-refractivity contribution in [3.8, 4) is 11.5 Å². The second kappa shape index (κ2) is 6.51. The molecule has 0 aliphatic carbocycles. The van der Waals surface area contributed by atoms with E-state index in [1.165, 1.54) is 24.4 Å². The van der Waals surface area contributed by atoms with E-state index in [-0.39, 0.29) is 11.4 Å². The summed E-state index contributed by atoms with van der Waals surface area (Å²) in [5.41, 5.74) is 4.88. The normalized spacial score (nSPS) is 11.0. The Labute approximate surface area is 133 Å². The van der Waals surface area contributed by atoms with Crippen molar-refractivity contribution in [2.75, 3.05) is 11.1 Å². The average Bonchev–Trinajstić information content (AvgIpc) is 2.40. The summed E-state index contributed by atoms with van der Waals surface area (Å²) in [5, 5.41) is 2.35. The first-order valence-corrected chi connectivity index (χ1v) is 6.92. The predicted molar refractivity (Wildman–Crippen MR) is 85.0 cm³/mol. The van der Waals surface area contributed by atoms with Crippen molar-refractivity contribution in [3.63, 3.8) is 0 Å². The van der Waals surface area contributed by atoms with E-state index in [1.807, 2.05) is 0 Å². The molecule has 0 saturated heterocycles. The van der Waals surface area contributed by atoms with Gasteiger partial charge < -0.3 is 15.2 Å². The zero-order chi connectivity index (χ0) is 17.0. The highest BCUT2D eigenvalue weighted by atomic mass is 19.1. The number of halogens is 1. The van der Waals surface area contributed by atoms with Crippen LogP contribution in [0.2, 0.25) is 0 Å². The van der Waals surface area contributed by atoms with Gasteiger partial charge in [-0.1, -0.05) is 0 Å². The van der Waals surface area contributed by atoms with E-state index in [1.54, 1.807) is 26.8 Å². The number of carbonyl (C=O) groups excluding carboxylic acids is 1. The van der Waals surface area contributed by atoms with Crippen LogP contribution in [-0.2, 0) is 4.74 Å². The number of nitrogens with zero attached hydrogens (tertiary/aromatic N) is 1. The van der Waals surface area contributed by atoms with Crippen LogP contribution in [0.3, 0.4) is 0 Å². The van der Waals surface area contributed by atoms with E-state index in [2.05, 4.69) is 10.3 Å². The van der Waals surface area contributed by atoms with Crippen LogP contribution in [0.1, 0.15) is 20.8 Å². The number of nitrogen functional groups attached to an aromatic ring is 1. The minimum absolute atomic E-state index is 0.000780. The number of anilines is 2. The zero-order valence-electron chi connectivity index (χ0n) is 13.1. The molecular weight excluding hydrogens is 301 g/mol. The molecule has 0 radical (unpaired) electrons. The predicted octanol–water partition coefficient (Wildman–Crippen LogP) is 3.94. The Bertz CT molecular complexity index is 714. The van der Waals surface area contributed by atoms with E-state index >= 15 is 0 Å². The van der Waals surface area contributed by atoms with Gasteiger partial charge in [-0.25, -0.2) is 14.2 Å². The quantitative estimate of drug-likeness (QED) is 0.894. The molecule has 122 valence electrons. The fourth-order valence-corrected chi connectivity index (χ4v) is 1.70. The lowest BCUT2D eigenvalue weighted by atomic mass is 10.2. The molecule has 0 aliphatic heterocycles. The number of carbonyl (C=O) groups is 1. The summed E-state index contributed by atoms with van der Waals surface area (Å²) in [6.45, 7) is 5.17. The first-order chi connectivity index (χ1) is 10.7. The van der Waals surface area contributed by atoms with Gasteiger partial charge in [0.1, 0.15) is 22.9 Å². The number of aromatic nitrogens is 1. The fourth-order valence-electron chi connectivity index (χ4n) is 1.70. The molecule has 6 nitrogen and oxygen atoms in total. The van der Waals surface area contributed by atoms with E-state index < -0.39 is 17.5 Å². The van der Waals surface area contributed by atoms with Gasteiger partial charge in [0.2, 0.25) is 0 Å². The Hall–Kier alpha value is -2.83. The number of hydrogen-bond donors (Lipinski definition) is 2. The number of nitrogens with two attached hydrogens (primary N) is 1. The molecule has 0 fully saturated rings. The van der Waals surface area contributed by atoms with Crippen LogP contribution in [0.25, 0.3) is 0 Å². The van der Waals surface area contributed by atoms with Gasteiger partial charge in [-0.15, -0.1) is 0 Å². The summed E-state index contributed by atoms with van der Waals surface area (Å²) in [6.07, 6.45) is 0.756. The molecule has 3 N–H and O–H groups in total. The number of nitrogens with one attached hydrogen (secondary N) is 1. The molecule has 2 aromatic rings. The van der Waals surface area contributed by atoms with Crippen LogP contribution in [0.15, 0.2) is 36.5 Å². The minimum atomic E-state index is -0.730. The van der Waals surface area contributed by atoms with Crippen molar-refractivity contribution < 1.29 is 18.7 Å². The third-order valence-electron chi connectivity index (χ3n) is 2.56. The second-order valence-corrected chi connectivity index (χ2v) is 5.79. The molecule has 0 saturated carbocycles. The summed E-state index contributed by atoms with van der Waals surface area (Å²) in [5.74, 6) is 0.356.